The molecule has 0 aliphatic carbocycles. The standard InChI is InChI=1S/C21H22O5S/c1-2-3-7-20-21(18-6-4-5-8-19(18)26-20)27(22,23)17-11-9-15(10-12-17)24-13-16-14-25-16/h4-6,8-12,16H,2-3,7,13-14H2,1H3. The summed E-state index contributed by atoms with van der Waals surface area (Å²) < 4.78 is 43.3. The maximum atomic E-state index is 13.4. The average Bonchev–Trinajstić information content (AvgIpc) is 3.43. The Kier molecular flexibility index (Phi) is 4.93. The van der Waals surface area contributed by atoms with Crippen LogP contribution in [0, 0.1) is 0 Å². The van der Waals surface area contributed by atoms with E-state index in [9.17, 15) is 8.42 Å². The maximum Gasteiger partial charge on any atom is 0.210 e. The summed E-state index contributed by atoms with van der Waals surface area (Å²) in [6, 6.07) is 13.8. The summed E-state index contributed by atoms with van der Waals surface area (Å²) in [6.07, 6.45) is 2.60. The Morgan fingerprint density at radius 2 is 1.85 bits per heavy atom. The van der Waals surface area contributed by atoms with E-state index in [2.05, 4.69) is 6.92 Å². The van der Waals surface area contributed by atoms with Crippen molar-refractivity contribution in [1.82, 2.24) is 0 Å². The number of para-hydroxylation sites is 1. The molecule has 0 radical (unpaired) electrons. The van der Waals surface area contributed by atoms with Crippen LogP contribution in [0.2, 0.25) is 0 Å². The van der Waals surface area contributed by atoms with Gasteiger partial charge in [0.1, 0.15) is 34.7 Å². The van der Waals surface area contributed by atoms with E-state index >= 15 is 0 Å². The molecule has 1 saturated heterocycles. The third-order valence-electron chi connectivity index (χ3n) is 4.62. The molecule has 0 amide bonds. The SMILES string of the molecule is CCCCc1oc2ccccc2c1S(=O)(=O)c1ccc(OCC2CO2)cc1. The number of sulfone groups is 1. The molecule has 0 spiro atoms. The monoisotopic (exact) mass is 386 g/mol. The molecule has 1 aliphatic heterocycles. The molecule has 3 aromatic rings. The van der Waals surface area contributed by atoms with Crippen LogP contribution in [0.1, 0.15) is 25.5 Å². The number of hydrogen-bond acceptors (Lipinski definition) is 5. The van der Waals surface area contributed by atoms with E-state index in [0.29, 0.717) is 35.5 Å². The fraction of sp³-hybridized carbons (Fsp3) is 0.333. The molecule has 0 bridgehead atoms. The van der Waals surface area contributed by atoms with Crippen molar-refractivity contribution in [3.05, 3.63) is 54.3 Å². The average molecular weight is 386 g/mol. The molecule has 1 atom stereocenters. The van der Waals surface area contributed by atoms with Crippen molar-refractivity contribution in [3.8, 4) is 5.75 Å². The summed E-state index contributed by atoms with van der Waals surface area (Å²) in [7, 11) is -3.69. The summed E-state index contributed by atoms with van der Waals surface area (Å²) in [5.41, 5.74) is 0.603. The Bertz CT molecular complexity index is 1030. The van der Waals surface area contributed by atoms with E-state index in [1.54, 1.807) is 36.4 Å². The second-order valence-electron chi connectivity index (χ2n) is 6.70. The molecule has 1 aromatic heterocycles. The third-order valence-corrected chi connectivity index (χ3v) is 6.49. The molecular formula is C21H22O5S. The molecule has 142 valence electrons. The lowest BCUT2D eigenvalue weighted by Crippen LogP contribution is -2.06. The third kappa shape index (κ3) is 3.73. The quantitative estimate of drug-likeness (QED) is 0.537. The van der Waals surface area contributed by atoms with E-state index in [1.165, 1.54) is 0 Å². The second kappa shape index (κ2) is 7.37. The van der Waals surface area contributed by atoms with Gasteiger partial charge < -0.3 is 13.9 Å². The molecule has 1 unspecified atom stereocenters. The van der Waals surface area contributed by atoms with Crippen LogP contribution in [0.25, 0.3) is 11.0 Å². The zero-order chi connectivity index (χ0) is 18.9. The van der Waals surface area contributed by atoms with Crippen molar-refractivity contribution in [3.63, 3.8) is 0 Å². The van der Waals surface area contributed by atoms with Crippen LogP contribution in [0.5, 0.6) is 5.75 Å². The minimum absolute atomic E-state index is 0.159. The lowest BCUT2D eigenvalue weighted by atomic mass is 10.2. The molecule has 1 aliphatic rings. The normalized spacial score (nSPS) is 16.6. The van der Waals surface area contributed by atoms with E-state index in [4.69, 9.17) is 13.9 Å². The molecule has 4 rings (SSSR count). The highest BCUT2D eigenvalue weighted by atomic mass is 32.2. The largest absolute Gasteiger partial charge is 0.491 e. The highest BCUT2D eigenvalue weighted by Crippen LogP contribution is 2.35. The topological polar surface area (TPSA) is 69.0 Å². The van der Waals surface area contributed by atoms with Gasteiger partial charge >= 0.3 is 0 Å². The van der Waals surface area contributed by atoms with Crippen molar-refractivity contribution in [2.24, 2.45) is 0 Å². The van der Waals surface area contributed by atoms with Gasteiger partial charge in [0, 0.05) is 11.8 Å². The predicted octanol–water partition coefficient (Wildman–Crippen LogP) is 4.39. The highest BCUT2D eigenvalue weighted by Gasteiger charge is 2.28. The molecule has 0 saturated carbocycles. The summed E-state index contributed by atoms with van der Waals surface area (Å²) >= 11 is 0. The summed E-state index contributed by atoms with van der Waals surface area (Å²) in [4.78, 5) is 0.522. The van der Waals surface area contributed by atoms with Crippen molar-refractivity contribution in [2.45, 2.75) is 42.1 Å². The van der Waals surface area contributed by atoms with Gasteiger partial charge in [-0.05, 0) is 42.8 Å². The first-order chi connectivity index (χ1) is 13.1. The Morgan fingerprint density at radius 3 is 2.56 bits per heavy atom. The van der Waals surface area contributed by atoms with E-state index in [1.807, 2.05) is 12.1 Å². The number of rotatable bonds is 8. The van der Waals surface area contributed by atoms with Crippen molar-refractivity contribution < 1.29 is 22.3 Å². The Balaban J connectivity index is 1.70. The van der Waals surface area contributed by atoms with Crippen molar-refractivity contribution in [1.29, 1.82) is 0 Å². The van der Waals surface area contributed by atoms with Crippen LogP contribution in [0.3, 0.4) is 0 Å². The first-order valence-corrected chi connectivity index (χ1v) is 10.7. The van der Waals surface area contributed by atoms with Crippen LogP contribution in [-0.2, 0) is 21.0 Å². The molecule has 5 nitrogen and oxygen atoms in total. The van der Waals surface area contributed by atoms with Gasteiger partial charge in [-0.25, -0.2) is 8.42 Å². The Labute approximate surface area is 158 Å². The van der Waals surface area contributed by atoms with Crippen LogP contribution in [0.4, 0.5) is 0 Å². The predicted molar refractivity (Wildman–Crippen MR) is 102 cm³/mol. The number of fused-ring (bicyclic) bond motifs is 1. The molecule has 27 heavy (non-hydrogen) atoms. The van der Waals surface area contributed by atoms with Gasteiger partial charge in [0.15, 0.2) is 0 Å². The Morgan fingerprint density at radius 1 is 1.11 bits per heavy atom. The second-order valence-corrected chi connectivity index (χ2v) is 8.58. The van der Waals surface area contributed by atoms with Gasteiger partial charge in [0.2, 0.25) is 9.84 Å². The first kappa shape index (κ1) is 18.1. The zero-order valence-corrected chi connectivity index (χ0v) is 16.0. The van der Waals surface area contributed by atoms with Crippen molar-refractivity contribution in [2.75, 3.05) is 13.2 Å². The van der Waals surface area contributed by atoms with Gasteiger partial charge in [-0.15, -0.1) is 0 Å². The van der Waals surface area contributed by atoms with Crippen LogP contribution in [-0.4, -0.2) is 27.7 Å². The highest BCUT2D eigenvalue weighted by molar-refractivity contribution is 7.91. The van der Waals surface area contributed by atoms with Gasteiger partial charge in [-0.3, -0.25) is 0 Å². The molecule has 1 fully saturated rings. The fourth-order valence-corrected chi connectivity index (χ4v) is 4.69. The Hall–Kier alpha value is -2.31. The fourth-order valence-electron chi connectivity index (χ4n) is 3.06. The number of unbranched alkanes of at least 4 members (excludes halogenated alkanes) is 1. The van der Waals surface area contributed by atoms with Crippen LogP contribution >= 0.6 is 0 Å². The first-order valence-electron chi connectivity index (χ1n) is 9.19. The number of epoxide rings is 1. The molecule has 2 aromatic carbocycles. The number of benzene rings is 2. The number of aryl methyl sites for hydroxylation is 1. The maximum absolute atomic E-state index is 13.4. The van der Waals surface area contributed by atoms with Gasteiger partial charge in [-0.1, -0.05) is 25.5 Å². The lowest BCUT2D eigenvalue weighted by Gasteiger charge is -2.08. The molecular weight excluding hydrogens is 364 g/mol. The molecule has 2 heterocycles. The van der Waals surface area contributed by atoms with Crippen molar-refractivity contribution >= 4 is 20.8 Å². The zero-order valence-electron chi connectivity index (χ0n) is 15.2. The summed E-state index contributed by atoms with van der Waals surface area (Å²) in [5, 5.41) is 0.634. The van der Waals surface area contributed by atoms with Crippen LogP contribution < -0.4 is 4.74 Å². The number of ether oxygens (including phenoxy) is 2. The van der Waals surface area contributed by atoms with E-state index < -0.39 is 9.84 Å². The number of hydrogen-bond donors (Lipinski definition) is 0. The van der Waals surface area contributed by atoms with Gasteiger partial charge in [0.05, 0.1) is 11.5 Å². The van der Waals surface area contributed by atoms with Gasteiger partial charge in [-0.2, -0.15) is 0 Å². The minimum atomic E-state index is -3.69. The van der Waals surface area contributed by atoms with Gasteiger partial charge in [0.25, 0.3) is 0 Å². The minimum Gasteiger partial charge on any atom is -0.491 e. The molecule has 0 N–H and O–H groups in total. The molecule has 6 heteroatoms. The van der Waals surface area contributed by atoms with Crippen LogP contribution in [0.15, 0.2) is 62.7 Å². The smallest absolute Gasteiger partial charge is 0.210 e. The van der Waals surface area contributed by atoms with E-state index in [0.717, 1.165) is 19.4 Å². The summed E-state index contributed by atoms with van der Waals surface area (Å²) in [5.74, 6) is 1.16. The number of furan rings is 1. The van der Waals surface area contributed by atoms with E-state index in [-0.39, 0.29) is 15.9 Å². The summed E-state index contributed by atoms with van der Waals surface area (Å²) in [6.45, 7) is 3.28. The lowest BCUT2D eigenvalue weighted by molar-refractivity contribution is 0.263.